The molecule has 1 heterocycles. The fraction of sp³-hybridized carbons (Fsp3) is 0.261. The second kappa shape index (κ2) is 8.84. The van der Waals surface area contributed by atoms with E-state index in [1.165, 1.54) is 0 Å². The van der Waals surface area contributed by atoms with Crippen molar-refractivity contribution in [3.05, 3.63) is 71.8 Å². The Hall–Kier alpha value is -3.25. The fourth-order valence-corrected chi connectivity index (χ4v) is 3.34. The van der Waals surface area contributed by atoms with Crippen LogP contribution in [-0.2, 0) is 18.0 Å². The van der Waals surface area contributed by atoms with E-state index in [-0.39, 0.29) is 0 Å². The van der Waals surface area contributed by atoms with Gasteiger partial charge in [0.2, 0.25) is 5.96 Å². The van der Waals surface area contributed by atoms with Gasteiger partial charge in [-0.05, 0) is 40.1 Å². The van der Waals surface area contributed by atoms with Crippen molar-refractivity contribution < 1.29 is 14.3 Å². The summed E-state index contributed by atoms with van der Waals surface area (Å²) in [5, 5.41) is 7.44. The Balaban J connectivity index is 1.40. The van der Waals surface area contributed by atoms with Gasteiger partial charge in [-0.25, -0.2) is 10.1 Å². The van der Waals surface area contributed by atoms with E-state index < -0.39 is 0 Å². The second-order valence-electron chi connectivity index (χ2n) is 6.81. The molecule has 1 N–H and O–H groups in total. The van der Waals surface area contributed by atoms with Crippen LogP contribution in [0.2, 0.25) is 0 Å². The lowest BCUT2D eigenvalue weighted by atomic mass is 10.1. The third-order valence-corrected chi connectivity index (χ3v) is 4.89. The predicted octanol–water partition coefficient (Wildman–Crippen LogP) is 3.75. The van der Waals surface area contributed by atoms with Crippen LogP contribution in [0.3, 0.4) is 0 Å². The molecule has 0 saturated heterocycles. The molecule has 0 saturated carbocycles. The Morgan fingerprint density at radius 1 is 0.897 bits per heavy atom. The first-order chi connectivity index (χ1) is 14.3. The van der Waals surface area contributed by atoms with Crippen LogP contribution in [0.15, 0.2) is 65.7 Å². The molecular weight excluding hydrogens is 366 g/mol. The smallest absolute Gasteiger partial charge is 0.218 e. The summed E-state index contributed by atoms with van der Waals surface area (Å²) in [6.07, 6.45) is 0. The van der Waals surface area contributed by atoms with E-state index in [4.69, 9.17) is 14.3 Å². The van der Waals surface area contributed by atoms with Gasteiger partial charge in [0, 0.05) is 6.54 Å². The molecule has 0 spiro atoms. The van der Waals surface area contributed by atoms with Crippen LogP contribution in [-0.4, -0.2) is 38.3 Å². The van der Waals surface area contributed by atoms with E-state index in [2.05, 4.69) is 40.6 Å². The minimum Gasteiger partial charge on any atom is -0.493 e. The van der Waals surface area contributed by atoms with Crippen LogP contribution in [0.1, 0.15) is 11.1 Å². The van der Waals surface area contributed by atoms with Gasteiger partial charge in [0.15, 0.2) is 11.5 Å². The number of methoxy groups -OCH3 is 2. The molecule has 0 amide bonds. The summed E-state index contributed by atoms with van der Waals surface area (Å²) < 4.78 is 10.8. The van der Waals surface area contributed by atoms with Crippen LogP contribution in [0.5, 0.6) is 11.5 Å². The zero-order valence-corrected chi connectivity index (χ0v) is 16.7. The lowest BCUT2D eigenvalue weighted by Gasteiger charge is -2.20. The van der Waals surface area contributed by atoms with E-state index in [0.717, 1.165) is 52.4 Å². The lowest BCUT2D eigenvalue weighted by molar-refractivity contribution is -0.106. The molecule has 0 atom stereocenters. The molecule has 0 aliphatic carbocycles. The monoisotopic (exact) mass is 391 g/mol. The largest absolute Gasteiger partial charge is 0.493 e. The molecule has 6 heteroatoms. The highest BCUT2D eigenvalue weighted by Crippen LogP contribution is 2.32. The number of aliphatic imine (C=N–C) groups is 1. The lowest BCUT2D eigenvalue weighted by Crippen LogP contribution is -2.37. The Bertz CT molecular complexity index is 1000. The fourth-order valence-electron chi connectivity index (χ4n) is 3.34. The van der Waals surface area contributed by atoms with Crippen molar-refractivity contribution in [3.8, 4) is 11.5 Å². The third kappa shape index (κ3) is 4.43. The quantitative estimate of drug-likeness (QED) is 0.665. The summed E-state index contributed by atoms with van der Waals surface area (Å²) in [6.45, 7) is 2.67. The average Bonchev–Trinajstić information content (AvgIpc) is 3.23. The summed E-state index contributed by atoms with van der Waals surface area (Å²) in [5.74, 6) is 2.23. The first kappa shape index (κ1) is 19.1. The highest BCUT2D eigenvalue weighted by Gasteiger charge is 2.17. The van der Waals surface area contributed by atoms with Crippen molar-refractivity contribution in [3.63, 3.8) is 0 Å². The minimum atomic E-state index is 0.527. The zero-order valence-electron chi connectivity index (χ0n) is 16.7. The van der Waals surface area contributed by atoms with Crippen LogP contribution < -0.4 is 14.8 Å². The van der Waals surface area contributed by atoms with Crippen molar-refractivity contribution in [1.82, 2.24) is 10.4 Å². The standard InChI is InChI=1S/C23H25N3O3/c1-27-21-13-19-9-8-18(12-20(19)14-22(21)28-2)15-25-23-24-10-11-26(23)29-16-17-6-4-3-5-7-17/h3-9,12-14H,10-11,15-16H2,1-2H3,(H,24,25). The highest BCUT2D eigenvalue weighted by atomic mass is 16.7. The maximum Gasteiger partial charge on any atom is 0.218 e. The Morgan fingerprint density at radius 2 is 1.66 bits per heavy atom. The summed E-state index contributed by atoms with van der Waals surface area (Å²) in [4.78, 5) is 10.5. The second-order valence-corrected chi connectivity index (χ2v) is 6.81. The molecule has 150 valence electrons. The van der Waals surface area contributed by atoms with E-state index in [9.17, 15) is 0 Å². The number of ether oxygens (including phenoxy) is 2. The van der Waals surface area contributed by atoms with Crippen LogP contribution in [0.25, 0.3) is 10.8 Å². The van der Waals surface area contributed by atoms with Gasteiger partial charge >= 0.3 is 0 Å². The highest BCUT2D eigenvalue weighted by molar-refractivity contribution is 5.87. The van der Waals surface area contributed by atoms with Gasteiger partial charge in [-0.3, -0.25) is 4.84 Å². The number of hydroxylamine groups is 2. The topological polar surface area (TPSA) is 55.3 Å². The molecule has 1 aliphatic rings. The number of nitrogens with one attached hydrogen (secondary N) is 1. The molecule has 0 radical (unpaired) electrons. The number of guanidine groups is 1. The molecule has 0 fully saturated rings. The van der Waals surface area contributed by atoms with E-state index >= 15 is 0 Å². The number of nitrogens with zero attached hydrogens (tertiary/aromatic N) is 2. The van der Waals surface area contributed by atoms with Crippen molar-refractivity contribution in [2.24, 2.45) is 4.99 Å². The van der Waals surface area contributed by atoms with Crippen molar-refractivity contribution >= 4 is 16.7 Å². The van der Waals surface area contributed by atoms with E-state index in [1.54, 1.807) is 14.2 Å². The van der Waals surface area contributed by atoms with Gasteiger partial charge in [0.05, 0.1) is 27.3 Å². The molecule has 3 aromatic carbocycles. The van der Waals surface area contributed by atoms with Gasteiger partial charge < -0.3 is 14.8 Å². The first-order valence-corrected chi connectivity index (χ1v) is 9.64. The Labute approximate surface area is 170 Å². The van der Waals surface area contributed by atoms with Crippen molar-refractivity contribution in [1.29, 1.82) is 0 Å². The number of hydrogen-bond acceptors (Lipinski definition) is 6. The molecule has 1 aliphatic heterocycles. The molecule has 0 bridgehead atoms. The van der Waals surface area contributed by atoms with E-state index in [0.29, 0.717) is 13.2 Å². The van der Waals surface area contributed by atoms with Crippen molar-refractivity contribution in [2.45, 2.75) is 13.2 Å². The number of hydrogen-bond donors (Lipinski definition) is 1. The number of benzene rings is 3. The zero-order chi connectivity index (χ0) is 20.1. The maximum absolute atomic E-state index is 5.93. The van der Waals surface area contributed by atoms with Crippen LogP contribution >= 0.6 is 0 Å². The van der Waals surface area contributed by atoms with Crippen molar-refractivity contribution in [2.75, 3.05) is 27.3 Å². The Kier molecular flexibility index (Phi) is 5.81. The number of fused-ring (bicyclic) bond motifs is 1. The van der Waals surface area contributed by atoms with Crippen LogP contribution in [0.4, 0.5) is 0 Å². The van der Waals surface area contributed by atoms with E-state index in [1.807, 2.05) is 35.4 Å². The van der Waals surface area contributed by atoms with Gasteiger partial charge in [0.1, 0.15) is 6.61 Å². The molecule has 4 rings (SSSR count). The normalized spacial score (nSPS) is 13.4. The molecule has 0 aromatic heterocycles. The number of rotatable bonds is 7. The summed E-state index contributed by atoms with van der Waals surface area (Å²) in [6, 6.07) is 20.5. The summed E-state index contributed by atoms with van der Waals surface area (Å²) in [7, 11) is 3.30. The first-order valence-electron chi connectivity index (χ1n) is 9.64. The molecule has 0 unspecified atom stereocenters. The molecule has 3 aromatic rings. The predicted molar refractivity (Wildman–Crippen MR) is 114 cm³/mol. The SMILES string of the molecule is COc1cc2ccc(CNC3=NCCN3OCc3ccccc3)cc2cc1OC. The minimum absolute atomic E-state index is 0.527. The Morgan fingerprint density at radius 3 is 2.41 bits per heavy atom. The third-order valence-electron chi connectivity index (χ3n) is 4.89. The van der Waals surface area contributed by atoms with Gasteiger partial charge in [-0.1, -0.05) is 42.5 Å². The van der Waals surface area contributed by atoms with Gasteiger partial charge in [-0.15, -0.1) is 0 Å². The van der Waals surface area contributed by atoms with Crippen LogP contribution in [0, 0.1) is 0 Å². The van der Waals surface area contributed by atoms with Gasteiger partial charge in [0.25, 0.3) is 0 Å². The summed E-state index contributed by atoms with van der Waals surface area (Å²) >= 11 is 0. The van der Waals surface area contributed by atoms with Gasteiger partial charge in [-0.2, -0.15) is 0 Å². The molecule has 29 heavy (non-hydrogen) atoms. The molecular formula is C23H25N3O3. The maximum atomic E-state index is 5.93. The average molecular weight is 391 g/mol. The summed E-state index contributed by atoms with van der Waals surface area (Å²) in [5.41, 5.74) is 2.29. The molecule has 6 nitrogen and oxygen atoms in total.